The zero-order valence-electron chi connectivity index (χ0n) is 25.0. The molecule has 2 aromatic heterocycles. The van der Waals surface area contributed by atoms with Crippen molar-refractivity contribution in [1.82, 2.24) is 19.4 Å². The fourth-order valence-corrected chi connectivity index (χ4v) is 5.48. The number of hydrogen-bond acceptors (Lipinski definition) is 8. The number of aliphatic imine (C=N–C) groups is 1. The number of aryl methyl sites for hydroxylation is 1. The number of rotatable bonds is 7. The third-order valence-corrected chi connectivity index (χ3v) is 7.89. The van der Waals surface area contributed by atoms with E-state index in [1.807, 2.05) is 0 Å². The van der Waals surface area contributed by atoms with E-state index in [1.54, 1.807) is 12.3 Å². The first-order valence-electron chi connectivity index (χ1n) is 14.3. The molecule has 2 amide bonds. The third kappa shape index (κ3) is 5.42. The summed E-state index contributed by atoms with van der Waals surface area (Å²) in [5.41, 5.74) is -1.59. The highest BCUT2D eigenvalue weighted by molar-refractivity contribution is 6.04. The minimum absolute atomic E-state index is 0.0302. The molecule has 1 fully saturated rings. The average molecular weight is 631 g/mol. The van der Waals surface area contributed by atoms with Crippen molar-refractivity contribution in [2.24, 2.45) is 19.1 Å². The zero-order valence-corrected chi connectivity index (χ0v) is 25.0. The molecule has 4 heterocycles. The van der Waals surface area contributed by atoms with Crippen molar-refractivity contribution in [1.29, 1.82) is 0 Å². The Balaban J connectivity index is 1.31. The molecule has 0 saturated carbocycles. The van der Waals surface area contributed by atoms with Gasteiger partial charge < -0.3 is 24.7 Å². The van der Waals surface area contributed by atoms with Crippen LogP contribution < -0.4 is 31.4 Å². The Labute approximate surface area is 260 Å². The maximum atomic E-state index is 16.1. The van der Waals surface area contributed by atoms with E-state index in [4.69, 9.17) is 9.47 Å². The minimum atomic E-state index is -0.938. The number of nitrogens with zero attached hydrogens (tertiary/aromatic N) is 4. The lowest BCUT2D eigenvalue weighted by Crippen LogP contribution is -2.40. The van der Waals surface area contributed by atoms with Crippen LogP contribution in [0.5, 0.6) is 11.6 Å². The Kier molecular flexibility index (Phi) is 7.94. The van der Waals surface area contributed by atoms with Crippen LogP contribution in [0.25, 0.3) is 22.4 Å². The molecule has 1 saturated heterocycles. The summed E-state index contributed by atoms with van der Waals surface area (Å²) in [5.74, 6) is -2.09. The van der Waals surface area contributed by atoms with E-state index < -0.39 is 34.8 Å². The maximum absolute atomic E-state index is 16.1. The maximum Gasteiger partial charge on any atom is 0.330 e. The summed E-state index contributed by atoms with van der Waals surface area (Å²) in [6.45, 7) is 0.200. The summed E-state index contributed by atoms with van der Waals surface area (Å²) in [6, 6.07) is 9.43. The first kappa shape index (κ1) is 30.4. The second-order valence-corrected chi connectivity index (χ2v) is 10.9. The van der Waals surface area contributed by atoms with Crippen LogP contribution in [0, 0.1) is 11.6 Å². The smallest absolute Gasteiger partial charge is 0.330 e. The predicted molar refractivity (Wildman–Crippen MR) is 164 cm³/mol. The summed E-state index contributed by atoms with van der Waals surface area (Å²) in [6.07, 6.45) is 3.83. The lowest BCUT2D eigenvalue weighted by molar-refractivity contribution is -0.119. The number of amides is 2. The van der Waals surface area contributed by atoms with Crippen LogP contribution >= 0.6 is 0 Å². The van der Waals surface area contributed by atoms with Gasteiger partial charge in [-0.1, -0.05) is 24.3 Å². The molecule has 2 aliphatic heterocycles. The van der Waals surface area contributed by atoms with Gasteiger partial charge in [0, 0.05) is 55.7 Å². The largest absolute Gasteiger partial charge is 0.490 e. The molecule has 0 bridgehead atoms. The molecule has 2 aromatic carbocycles. The SMILES string of the molecule is COc1nc(-c2cccc(-c3cccc(NC(=O)c4cn(C)c(=O)n(C)c4=O)c3F)c2F)cc2c1[C@@H](N=C[C@@H]1CCC(=O)N1)CO2. The number of pyridine rings is 1. The van der Waals surface area contributed by atoms with Crippen molar-refractivity contribution in [2.75, 3.05) is 19.0 Å². The van der Waals surface area contributed by atoms with Crippen LogP contribution in [0.2, 0.25) is 0 Å². The second kappa shape index (κ2) is 12.0. The molecule has 0 unspecified atom stereocenters. The monoisotopic (exact) mass is 630 g/mol. The van der Waals surface area contributed by atoms with Crippen molar-refractivity contribution in [3.8, 4) is 34.0 Å². The summed E-state index contributed by atoms with van der Waals surface area (Å²) >= 11 is 0. The highest BCUT2D eigenvalue weighted by Gasteiger charge is 2.31. The van der Waals surface area contributed by atoms with Gasteiger partial charge >= 0.3 is 5.69 Å². The molecule has 12 nitrogen and oxygen atoms in total. The van der Waals surface area contributed by atoms with Crippen LogP contribution in [0.1, 0.15) is 34.8 Å². The fraction of sp³-hybridized carbons (Fsp3) is 0.250. The van der Waals surface area contributed by atoms with Crippen LogP contribution in [0.4, 0.5) is 14.5 Å². The number of methoxy groups -OCH3 is 1. The number of carbonyl (C=O) groups excluding carboxylic acids is 2. The quantitative estimate of drug-likeness (QED) is 0.299. The van der Waals surface area contributed by atoms with Crippen molar-refractivity contribution < 1.29 is 27.8 Å². The highest BCUT2D eigenvalue weighted by Crippen LogP contribution is 2.43. The number of ether oxygens (including phenoxy) is 2. The molecule has 6 rings (SSSR count). The molecule has 0 aliphatic carbocycles. The summed E-state index contributed by atoms with van der Waals surface area (Å²) in [4.78, 5) is 58.0. The van der Waals surface area contributed by atoms with Crippen LogP contribution in [0.15, 0.2) is 63.2 Å². The van der Waals surface area contributed by atoms with E-state index in [1.165, 1.54) is 57.6 Å². The van der Waals surface area contributed by atoms with Gasteiger partial charge in [-0.15, -0.1) is 0 Å². The average Bonchev–Trinajstić information content (AvgIpc) is 3.66. The van der Waals surface area contributed by atoms with E-state index in [-0.39, 0.29) is 58.1 Å². The summed E-state index contributed by atoms with van der Waals surface area (Å²) in [5, 5.41) is 5.18. The van der Waals surface area contributed by atoms with E-state index in [0.717, 1.165) is 15.3 Å². The Morgan fingerprint density at radius 3 is 2.54 bits per heavy atom. The summed E-state index contributed by atoms with van der Waals surface area (Å²) in [7, 11) is 4.02. The van der Waals surface area contributed by atoms with E-state index in [2.05, 4.69) is 20.6 Å². The van der Waals surface area contributed by atoms with Gasteiger partial charge in [0.15, 0.2) is 5.82 Å². The first-order valence-corrected chi connectivity index (χ1v) is 14.3. The van der Waals surface area contributed by atoms with Crippen molar-refractivity contribution in [2.45, 2.75) is 24.9 Å². The molecule has 46 heavy (non-hydrogen) atoms. The fourth-order valence-electron chi connectivity index (χ4n) is 5.48. The number of halogens is 2. The molecule has 2 atom stereocenters. The Bertz CT molecular complexity index is 2060. The van der Waals surface area contributed by atoms with E-state index in [0.29, 0.717) is 24.2 Å². The Morgan fingerprint density at radius 2 is 1.83 bits per heavy atom. The molecule has 0 spiro atoms. The normalized spacial score (nSPS) is 17.1. The summed E-state index contributed by atoms with van der Waals surface area (Å²) < 4.78 is 45.2. The van der Waals surface area contributed by atoms with Gasteiger partial charge in [-0.05, 0) is 18.6 Å². The molecule has 236 valence electrons. The number of anilines is 1. The molecular weight excluding hydrogens is 602 g/mol. The van der Waals surface area contributed by atoms with Gasteiger partial charge in [-0.3, -0.25) is 23.9 Å². The number of aromatic nitrogens is 3. The Morgan fingerprint density at radius 1 is 1.11 bits per heavy atom. The van der Waals surface area contributed by atoms with Gasteiger partial charge in [0.1, 0.15) is 29.8 Å². The molecule has 2 aliphatic rings. The minimum Gasteiger partial charge on any atom is -0.490 e. The van der Waals surface area contributed by atoms with Crippen LogP contribution in [0.3, 0.4) is 0 Å². The number of benzene rings is 2. The van der Waals surface area contributed by atoms with Crippen molar-refractivity contribution in [3.05, 3.63) is 92.3 Å². The van der Waals surface area contributed by atoms with Gasteiger partial charge in [-0.2, -0.15) is 0 Å². The molecule has 14 heteroatoms. The lowest BCUT2D eigenvalue weighted by Gasteiger charge is -2.14. The van der Waals surface area contributed by atoms with Gasteiger partial charge in [0.05, 0.1) is 30.1 Å². The van der Waals surface area contributed by atoms with Gasteiger partial charge in [-0.25, -0.2) is 18.6 Å². The standard InChI is InChI=1S/C32H28F2N6O6/c1-39-14-20(31(43)40(2)32(39)44)29(42)37-21-9-5-7-18(28(21)34)17-6-4-8-19(27(17)33)22-12-24-26(30(38-22)45-3)23(15-46-24)35-13-16-10-11-25(41)36-16/h4-9,12-14,16,23H,10-11,15H2,1-3H3,(H,36,41)(H,37,42)/t16-,23-/m0/s1. The number of carbonyl (C=O) groups is 2. The second-order valence-electron chi connectivity index (χ2n) is 10.9. The highest BCUT2D eigenvalue weighted by atomic mass is 19.1. The Hall–Kier alpha value is -5.66. The molecular formula is C32H28F2N6O6. The van der Waals surface area contributed by atoms with Crippen LogP contribution in [-0.4, -0.2) is 51.9 Å². The molecule has 2 N–H and O–H groups in total. The lowest BCUT2D eigenvalue weighted by atomic mass is 9.98. The first-order chi connectivity index (χ1) is 22.1. The van der Waals surface area contributed by atoms with Gasteiger partial charge in [0.25, 0.3) is 11.5 Å². The predicted octanol–water partition coefficient (Wildman–Crippen LogP) is 3.14. The third-order valence-electron chi connectivity index (χ3n) is 7.89. The molecule has 4 aromatic rings. The number of nitrogens with one attached hydrogen (secondary N) is 2. The number of fused-ring (bicyclic) bond motifs is 1. The van der Waals surface area contributed by atoms with Crippen molar-refractivity contribution in [3.63, 3.8) is 0 Å². The zero-order chi connectivity index (χ0) is 32.7. The van der Waals surface area contributed by atoms with E-state index in [9.17, 15) is 19.2 Å². The van der Waals surface area contributed by atoms with Gasteiger partial charge in [0.2, 0.25) is 11.8 Å². The van der Waals surface area contributed by atoms with E-state index >= 15 is 8.78 Å². The molecule has 0 radical (unpaired) electrons. The topological polar surface area (TPSA) is 146 Å². The van der Waals surface area contributed by atoms with Crippen molar-refractivity contribution >= 4 is 23.7 Å². The van der Waals surface area contributed by atoms with Crippen LogP contribution in [-0.2, 0) is 18.9 Å². The number of hydrogen-bond donors (Lipinski definition) is 2.